The Balaban J connectivity index is 2.00. The number of hydrogen-bond acceptors (Lipinski definition) is 3. The highest BCUT2D eigenvalue weighted by atomic mass is 16.4. The molecule has 1 unspecified atom stereocenters. The third kappa shape index (κ3) is 2.37. The van der Waals surface area contributed by atoms with Crippen LogP contribution >= 0.6 is 0 Å². The van der Waals surface area contributed by atoms with E-state index in [4.69, 9.17) is 0 Å². The van der Waals surface area contributed by atoms with Crippen molar-refractivity contribution in [3.05, 3.63) is 83.2 Å². The molecule has 1 aliphatic carbocycles. The lowest BCUT2D eigenvalue weighted by atomic mass is 9.95. The van der Waals surface area contributed by atoms with Crippen LogP contribution in [0.1, 0.15) is 33.4 Å². The number of carboxylic acid groups (broad SMARTS) is 1. The van der Waals surface area contributed by atoms with Crippen molar-refractivity contribution in [3.63, 3.8) is 0 Å². The van der Waals surface area contributed by atoms with Crippen molar-refractivity contribution in [3.8, 4) is 11.1 Å². The summed E-state index contributed by atoms with van der Waals surface area (Å²) >= 11 is 0. The van der Waals surface area contributed by atoms with Crippen molar-refractivity contribution in [2.75, 3.05) is 0 Å². The number of benzene rings is 2. The van der Waals surface area contributed by atoms with Crippen molar-refractivity contribution >= 4 is 11.5 Å². The first-order valence-corrected chi connectivity index (χ1v) is 7.93. The highest BCUT2D eigenvalue weighted by Gasteiger charge is 2.30. The van der Waals surface area contributed by atoms with E-state index in [0.29, 0.717) is 11.3 Å². The van der Waals surface area contributed by atoms with Gasteiger partial charge in [0.15, 0.2) is 5.69 Å². The third-order valence-corrected chi connectivity index (χ3v) is 4.46. The standard InChI is InChI=1S/C20H16N2O3/c1-22-19(20(24)25)17(12-7-3-2-4-8-12)18(21-22)15-11-16(23)14-10-6-5-9-13(14)15/h2-11,16,23H,1H3,(H,24,25). The number of rotatable bonds is 3. The van der Waals surface area contributed by atoms with Gasteiger partial charge in [0.25, 0.3) is 0 Å². The highest BCUT2D eigenvalue weighted by Crippen LogP contribution is 2.42. The molecule has 124 valence electrons. The molecular formula is C20H16N2O3. The topological polar surface area (TPSA) is 75.3 Å². The van der Waals surface area contributed by atoms with Crippen molar-refractivity contribution in [1.29, 1.82) is 0 Å². The number of carbonyl (C=O) groups is 1. The smallest absolute Gasteiger partial charge is 0.354 e. The SMILES string of the molecule is Cn1nc(C2=CC(O)c3ccccc32)c(-c2ccccc2)c1C(=O)O. The van der Waals surface area contributed by atoms with Crippen LogP contribution in [0, 0.1) is 0 Å². The van der Waals surface area contributed by atoms with Crippen LogP contribution in [0.3, 0.4) is 0 Å². The van der Waals surface area contributed by atoms with Crippen molar-refractivity contribution in [1.82, 2.24) is 9.78 Å². The number of aromatic carboxylic acids is 1. The average molecular weight is 332 g/mol. The third-order valence-electron chi connectivity index (χ3n) is 4.46. The fourth-order valence-electron chi connectivity index (χ4n) is 3.38. The number of aliphatic hydroxyl groups excluding tert-OH is 1. The molecule has 0 bridgehead atoms. The van der Waals surface area contributed by atoms with Gasteiger partial charge in [0.2, 0.25) is 0 Å². The highest BCUT2D eigenvalue weighted by molar-refractivity contribution is 6.00. The Kier molecular flexibility index (Phi) is 3.51. The molecule has 25 heavy (non-hydrogen) atoms. The summed E-state index contributed by atoms with van der Waals surface area (Å²) in [5, 5.41) is 24.5. The minimum atomic E-state index is -1.03. The summed E-state index contributed by atoms with van der Waals surface area (Å²) in [7, 11) is 1.62. The van der Waals surface area contributed by atoms with Gasteiger partial charge in [0.05, 0.1) is 6.10 Å². The van der Waals surface area contributed by atoms with Crippen molar-refractivity contribution in [2.45, 2.75) is 6.10 Å². The Morgan fingerprint density at radius 3 is 2.48 bits per heavy atom. The van der Waals surface area contributed by atoms with Gasteiger partial charge >= 0.3 is 5.97 Å². The van der Waals surface area contributed by atoms with E-state index < -0.39 is 12.1 Å². The summed E-state index contributed by atoms with van der Waals surface area (Å²) in [4.78, 5) is 11.8. The molecule has 5 nitrogen and oxygen atoms in total. The maximum absolute atomic E-state index is 11.8. The molecule has 1 aromatic heterocycles. The molecule has 0 aliphatic heterocycles. The second-order valence-corrected chi connectivity index (χ2v) is 5.98. The summed E-state index contributed by atoms with van der Waals surface area (Å²) in [5.41, 5.74) is 4.47. The molecule has 5 heteroatoms. The fourth-order valence-corrected chi connectivity index (χ4v) is 3.38. The Hall–Kier alpha value is -3.18. The number of nitrogens with zero attached hydrogens (tertiary/aromatic N) is 2. The van der Waals surface area contributed by atoms with E-state index in [2.05, 4.69) is 5.10 Å². The van der Waals surface area contributed by atoms with Gasteiger partial charge in [-0.15, -0.1) is 0 Å². The van der Waals surface area contributed by atoms with Crippen LogP contribution in [0.25, 0.3) is 16.7 Å². The lowest BCUT2D eigenvalue weighted by molar-refractivity contribution is 0.0686. The van der Waals surface area contributed by atoms with Gasteiger partial charge in [-0.25, -0.2) is 4.79 Å². The van der Waals surface area contributed by atoms with Crippen LogP contribution in [0.4, 0.5) is 0 Å². The van der Waals surface area contributed by atoms with Crippen molar-refractivity contribution in [2.24, 2.45) is 7.05 Å². The first kappa shape index (κ1) is 15.4. The lowest BCUT2D eigenvalue weighted by Crippen LogP contribution is -2.06. The minimum Gasteiger partial charge on any atom is -0.477 e. The molecule has 4 rings (SSSR count). The fraction of sp³-hybridized carbons (Fsp3) is 0.100. The number of fused-ring (bicyclic) bond motifs is 1. The molecule has 1 aliphatic rings. The van der Waals surface area contributed by atoms with E-state index in [1.807, 2.05) is 54.6 Å². The molecule has 0 saturated carbocycles. The van der Waals surface area contributed by atoms with Crippen LogP contribution in [0.15, 0.2) is 60.7 Å². The molecule has 1 heterocycles. The van der Waals surface area contributed by atoms with Gasteiger partial charge in [-0.05, 0) is 22.8 Å². The predicted octanol–water partition coefficient (Wildman–Crippen LogP) is 3.26. The molecule has 0 radical (unpaired) electrons. The van der Waals surface area contributed by atoms with Gasteiger partial charge < -0.3 is 10.2 Å². The van der Waals surface area contributed by atoms with E-state index >= 15 is 0 Å². The molecule has 0 spiro atoms. The van der Waals surface area contributed by atoms with Crippen molar-refractivity contribution < 1.29 is 15.0 Å². The van der Waals surface area contributed by atoms with E-state index in [1.165, 1.54) is 4.68 Å². The summed E-state index contributed by atoms with van der Waals surface area (Å²) in [6.07, 6.45) is 1.01. The van der Waals surface area contributed by atoms with E-state index in [1.54, 1.807) is 13.1 Å². The Labute approximate surface area is 144 Å². The molecule has 0 amide bonds. The summed E-state index contributed by atoms with van der Waals surface area (Å²) in [5.74, 6) is -1.03. The number of hydrogen-bond donors (Lipinski definition) is 2. The van der Waals surface area contributed by atoms with Gasteiger partial charge in [-0.2, -0.15) is 5.10 Å². The number of aryl methyl sites for hydroxylation is 1. The molecule has 2 N–H and O–H groups in total. The van der Waals surface area contributed by atoms with Crippen LogP contribution in [-0.4, -0.2) is 26.0 Å². The van der Waals surface area contributed by atoms with E-state index in [9.17, 15) is 15.0 Å². The molecule has 2 aromatic carbocycles. The minimum absolute atomic E-state index is 0.126. The van der Waals surface area contributed by atoms with Gasteiger partial charge in [0.1, 0.15) is 5.69 Å². The van der Waals surface area contributed by atoms with Crippen LogP contribution in [0.5, 0.6) is 0 Å². The number of aliphatic hydroxyl groups is 1. The quantitative estimate of drug-likeness (QED) is 0.772. The summed E-state index contributed by atoms with van der Waals surface area (Å²) in [6, 6.07) is 16.9. The van der Waals surface area contributed by atoms with E-state index in [0.717, 1.165) is 22.3 Å². The first-order chi connectivity index (χ1) is 12.1. The predicted molar refractivity (Wildman–Crippen MR) is 94.1 cm³/mol. The maximum Gasteiger partial charge on any atom is 0.354 e. The molecule has 0 saturated heterocycles. The normalized spacial score (nSPS) is 15.8. The van der Waals surface area contributed by atoms with Crippen LogP contribution in [-0.2, 0) is 7.05 Å². The second kappa shape index (κ2) is 5.72. The summed E-state index contributed by atoms with van der Waals surface area (Å²) in [6.45, 7) is 0. The van der Waals surface area contributed by atoms with Crippen LogP contribution < -0.4 is 0 Å². The largest absolute Gasteiger partial charge is 0.477 e. The average Bonchev–Trinajstić information content (AvgIpc) is 3.13. The maximum atomic E-state index is 11.8. The second-order valence-electron chi connectivity index (χ2n) is 5.98. The molecule has 3 aromatic rings. The Bertz CT molecular complexity index is 1000. The first-order valence-electron chi connectivity index (χ1n) is 7.93. The van der Waals surface area contributed by atoms with Gasteiger partial charge in [-0.3, -0.25) is 4.68 Å². The zero-order chi connectivity index (χ0) is 17.6. The monoisotopic (exact) mass is 332 g/mol. The number of carboxylic acids is 1. The number of aromatic nitrogens is 2. The molecular weight excluding hydrogens is 316 g/mol. The Morgan fingerprint density at radius 2 is 1.76 bits per heavy atom. The Morgan fingerprint density at radius 1 is 1.08 bits per heavy atom. The zero-order valence-electron chi connectivity index (χ0n) is 13.5. The zero-order valence-corrected chi connectivity index (χ0v) is 13.5. The van der Waals surface area contributed by atoms with Gasteiger partial charge in [-0.1, -0.05) is 54.6 Å². The summed E-state index contributed by atoms with van der Waals surface area (Å²) < 4.78 is 1.38. The lowest BCUT2D eigenvalue weighted by Gasteiger charge is -2.07. The van der Waals surface area contributed by atoms with E-state index in [-0.39, 0.29) is 5.69 Å². The van der Waals surface area contributed by atoms with Crippen LogP contribution in [0.2, 0.25) is 0 Å². The molecule has 1 atom stereocenters. The van der Waals surface area contributed by atoms with Gasteiger partial charge in [0, 0.05) is 18.2 Å². The molecule has 0 fully saturated rings.